The third-order valence-corrected chi connectivity index (χ3v) is 6.10. The Morgan fingerprint density at radius 3 is 2.50 bits per heavy atom. The van der Waals surface area contributed by atoms with Crippen LogP contribution >= 0.6 is 23.2 Å². The number of nitrogens with one attached hydrogen (secondary N) is 1. The molecule has 1 atom stereocenters. The minimum Gasteiger partial charge on any atom is -0.454 e. The first-order valence-electron chi connectivity index (χ1n) is 10.8. The molecule has 2 aromatic rings. The summed E-state index contributed by atoms with van der Waals surface area (Å²) in [4.78, 5) is 27.8. The summed E-state index contributed by atoms with van der Waals surface area (Å²) >= 11 is 12.7. The van der Waals surface area contributed by atoms with Crippen LogP contribution in [0.5, 0.6) is 11.5 Å². The maximum Gasteiger partial charge on any atom is 0.242 e. The van der Waals surface area contributed by atoms with Gasteiger partial charge in [-0.3, -0.25) is 9.59 Å². The fourth-order valence-electron chi connectivity index (χ4n) is 3.63. The van der Waals surface area contributed by atoms with Gasteiger partial charge in [0.25, 0.3) is 0 Å². The van der Waals surface area contributed by atoms with Gasteiger partial charge in [0.2, 0.25) is 18.6 Å². The third kappa shape index (κ3) is 5.87. The number of halogens is 2. The molecule has 3 rings (SSSR count). The minimum atomic E-state index is -0.613. The number of ether oxygens (including phenoxy) is 2. The van der Waals surface area contributed by atoms with E-state index in [4.69, 9.17) is 32.7 Å². The van der Waals surface area contributed by atoms with Gasteiger partial charge >= 0.3 is 0 Å². The van der Waals surface area contributed by atoms with E-state index in [9.17, 15) is 9.59 Å². The van der Waals surface area contributed by atoms with Gasteiger partial charge in [0.05, 0.1) is 0 Å². The van der Waals surface area contributed by atoms with Gasteiger partial charge < -0.3 is 19.7 Å². The van der Waals surface area contributed by atoms with Crippen LogP contribution in [0.3, 0.4) is 0 Å². The lowest BCUT2D eigenvalue weighted by atomic mass is 10.1. The summed E-state index contributed by atoms with van der Waals surface area (Å²) in [6.07, 6.45) is 2.04. The highest BCUT2D eigenvalue weighted by Gasteiger charge is 2.29. The molecule has 8 heteroatoms. The summed E-state index contributed by atoms with van der Waals surface area (Å²) in [5, 5.41) is 3.84. The van der Waals surface area contributed by atoms with Gasteiger partial charge in [-0.1, -0.05) is 49.2 Å². The maximum atomic E-state index is 13.4. The van der Waals surface area contributed by atoms with E-state index in [-0.39, 0.29) is 31.6 Å². The van der Waals surface area contributed by atoms with Crippen LogP contribution in [-0.2, 0) is 22.6 Å². The van der Waals surface area contributed by atoms with E-state index in [0.29, 0.717) is 46.5 Å². The lowest BCUT2D eigenvalue weighted by Crippen LogP contribution is -2.49. The molecule has 2 amide bonds. The van der Waals surface area contributed by atoms with E-state index < -0.39 is 6.04 Å². The second-order valence-electron chi connectivity index (χ2n) is 7.62. The number of amides is 2. The molecule has 0 aromatic heterocycles. The number of benzene rings is 2. The molecule has 1 aliphatic rings. The predicted molar refractivity (Wildman–Crippen MR) is 125 cm³/mol. The molecule has 1 heterocycles. The SMILES string of the molecule is CCCNC(=O)[C@@H](CC)N(Cc1c(Cl)cccc1Cl)C(=O)CCc1ccc2c(c1)OCO2. The van der Waals surface area contributed by atoms with Crippen molar-refractivity contribution in [2.24, 2.45) is 0 Å². The normalized spacial score (nSPS) is 13.0. The molecule has 0 saturated carbocycles. The first-order valence-corrected chi connectivity index (χ1v) is 11.6. The summed E-state index contributed by atoms with van der Waals surface area (Å²) < 4.78 is 10.8. The average Bonchev–Trinajstić information content (AvgIpc) is 3.25. The molecule has 0 saturated heterocycles. The number of aryl methyl sites for hydroxylation is 1. The highest BCUT2D eigenvalue weighted by atomic mass is 35.5. The third-order valence-electron chi connectivity index (χ3n) is 5.39. The molecule has 6 nitrogen and oxygen atoms in total. The van der Waals surface area contributed by atoms with Crippen molar-refractivity contribution in [3.63, 3.8) is 0 Å². The summed E-state index contributed by atoms with van der Waals surface area (Å²) in [7, 11) is 0. The molecule has 32 heavy (non-hydrogen) atoms. The Hall–Kier alpha value is -2.44. The van der Waals surface area contributed by atoms with E-state index in [1.54, 1.807) is 23.1 Å². The van der Waals surface area contributed by atoms with Crippen LogP contribution in [0.15, 0.2) is 36.4 Å². The lowest BCUT2D eigenvalue weighted by Gasteiger charge is -2.31. The maximum absolute atomic E-state index is 13.4. The van der Waals surface area contributed by atoms with Crippen molar-refractivity contribution < 1.29 is 19.1 Å². The van der Waals surface area contributed by atoms with E-state index in [0.717, 1.165) is 12.0 Å². The van der Waals surface area contributed by atoms with Gasteiger partial charge in [0.1, 0.15) is 6.04 Å². The van der Waals surface area contributed by atoms with Crippen LogP contribution in [0, 0.1) is 0 Å². The molecule has 172 valence electrons. The molecule has 0 radical (unpaired) electrons. The van der Waals surface area contributed by atoms with E-state index in [1.807, 2.05) is 32.0 Å². The number of hydrogen-bond acceptors (Lipinski definition) is 4. The summed E-state index contributed by atoms with van der Waals surface area (Å²) in [5.41, 5.74) is 1.59. The molecule has 0 unspecified atom stereocenters. The molecule has 0 fully saturated rings. The van der Waals surface area contributed by atoms with Gasteiger partial charge in [-0.2, -0.15) is 0 Å². The van der Waals surface area contributed by atoms with E-state index in [2.05, 4.69) is 5.32 Å². The summed E-state index contributed by atoms with van der Waals surface area (Å²) in [5.74, 6) is 1.07. The van der Waals surface area contributed by atoms with Gasteiger partial charge in [0, 0.05) is 35.1 Å². The van der Waals surface area contributed by atoms with Gasteiger partial charge in [0.15, 0.2) is 11.5 Å². The molecular formula is C24H28Cl2N2O4. The Morgan fingerprint density at radius 2 is 1.81 bits per heavy atom. The second-order valence-corrected chi connectivity index (χ2v) is 8.44. The zero-order valence-corrected chi connectivity index (χ0v) is 19.8. The Morgan fingerprint density at radius 1 is 1.09 bits per heavy atom. The zero-order chi connectivity index (χ0) is 23.1. The molecule has 0 spiro atoms. The predicted octanol–water partition coefficient (Wildman–Crippen LogP) is 4.99. The molecule has 2 aromatic carbocycles. The number of rotatable bonds is 10. The number of carbonyl (C=O) groups is 2. The topological polar surface area (TPSA) is 67.9 Å². The fourth-order valence-corrected chi connectivity index (χ4v) is 4.15. The van der Waals surface area contributed by atoms with Crippen LogP contribution in [0.1, 0.15) is 44.2 Å². The first kappa shape index (κ1) is 24.2. The highest BCUT2D eigenvalue weighted by Crippen LogP contribution is 2.33. The molecule has 1 aliphatic heterocycles. The number of fused-ring (bicyclic) bond motifs is 1. The fraction of sp³-hybridized carbons (Fsp3) is 0.417. The minimum absolute atomic E-state index is 0.142. The van der Waals surface area contributed by atoms with E-state index in [1.165, 1.54) is 0 Å². The standard InChI is InChI=1S/C24H28Cl2N2O4/c1-3-12-27-24(30)20(4-2)28(14-17-18(25)6-5-7-19(17)26)23(29)11-9-16-8-10-21-22(13-16)32-15-31-21/h5-8,10,13,20H,3-4,9,11-12,14-15H2,1-2H3,(H,27,30)/t20-/m1/s1. The Kier molecular flexibility index (Phi) is 8.65. The van der Waals surface area contributed by atoms with Crippen molar-refractivity contribution in [2.45, 2.75) is 52.1 Å². The highest BCUT2D eigenvalue weighted by molar-refractivity contribution is 6.36. The molecule has 0 aliphatic carbocycles. The van der Waals surface area contributed by atoms with Crippen LogP contribution < -0.4 is 14.8 Å². The quantitative estimate of drug-likeness (QED) is 0.522. The van der Waals surface area contributed by atoms with Crippen molar-refractivity contribution in [1.29, 1.82) is 0 Å². The van der Waals surface area contributed by atoms with Crippen molar-refractivity contribution in [3.05, 3.63) is 57.6 Å². The summed E-state index contributed by atoms with van der Waals surface area (Å²) in [6, 6.07) is 10.3. The molecule has 0 bridgehead atoms. The smallest absolute Gasteiger partial charge is 0.242 e. The second kappa shape index (κ2) is 11.4. The number of nitrogens with zero attached hydrogens (tertiary/aromatic N) is 1. The van der Waals surface area contributed by atoms with Gasteiger partial charge in [-0.05, 0) is 49.1 Å². The first-order chi connectivity index (χ1) is 15.4. The molecule has 1 N–H and O–H groups in total. The van der Waals surface area contributed by atoms with Crippen molar-refractivity contribution >= 4 is 35.0 Å². The Balaban J connectivity index is 1.79. The van der Waals surface area contributed by atoms with Crippen LogP contribution in [0.25, 0.3) is 0 Å². The molecular weight excluding hydrogens is 451 g/mol. The van der Waals surface area contributed by atoms with Crippen molar-refractivity contribution in [2.75, 3.05) is 13.3 Å². The Bertz CT molecular complexity index is 947. The van der Waals surface area contributed by atoms with E-state index >= 15 is 0 Å². The van der Waals surface area contributed by atoms with Gasteiger partial charge in [-0.15, -0.1) is 0 Å². The van der Waals surface area contributed by atoms with Crippen LogP contribution in [-0.4, -0.2) is 36.1 Å². The average molecular weight is 479 g/mol. The largest absolute Gasteiger partial charge is 0.454 e. The lowest BCUT2D eigenvalue weighted by molar-refractivity contribution is -0.141. The zero-order valence-electron chi connectivity index (χ0n) is 18.3. The van der Waals surface area contributed by atoms with Crippen LogP contribution in [0.2, 0.25) is 10.0 Å². The van der Waals surface area contributed by atoms with Crippen LogP contribution in [0.4, 0.5) is 0 Å². The monoisotopic (exact) mass is 478 g/mol. The summed E-state index contributed by atoms with van der Waals surface area (Å²) in [6.45, 7) is 4.80. The number of carbonyl (C=O) groups excluding carboxylic acids is 2. The van der Waals surface area contributed by atoms with Crippen molar-refractivity contribution in [3.8, 4) is 11.5 Å². The Labute approximate surface area is 198 Å². The number of hydrogen-bond donors (Lipinski definition) is 1. The van der Waals surface area contributed by atoms with Crippen molar-refractivity contribution in [1.82, 2.24) is 10.2 Å². The van der Waals surface area contributed by atoms with Gasteiger partial charge in [-0.25, -0.2) is 0 Å².